The van der Waals surface area contributed by atoms with Crippen LogP contribution in [0.1, 0.15) is 38.3 Å². The number of furan rings is 1. The first-order chi connectivity index (χ1) is 13.5. The fourth-order valence-corrected chi connectivity index (χ4v) is 5.33. The second-order valence-electron chi connectivity index (χ2n) is 7.41. The molecule has 3 aromatic rings. The number of nitrogens with zero attached hydrogens (tertiary/aromatic N) is 1. The molecule has 0 unspecified atom stereocenters. The lowest BCUT2D eigenvalue weighted by Crippen LogP contribution is -2.38. The summed E-state index contributed by atoms with van der Waals surface area (Å²) in [5, 5.41) is 8.14. The van der Waals surface area contributed by atoms with Crippen LogP contribution in [-0.4, -0.2) is 24.4 Å². The van der Waals surface area contributed by atoms with Crippen molar-refractivity contribution in [2.75, 3.05) is 18.9 Å². The largest absolute Gasteiger partial charge is 0.457 e. The first-order valence-electron chi connectivity index (χ1n) is 9.26. The normalized spacial score (nSPS) is 19.0. The number of amides is 1. The number of fused-ring (bicyclic) bond motifs is 3. The molecule has 2 aliphatic rings. The molecule has 2 N–H and O–H groups in total. The number of hydrogen-bond donors (Lipinski definition) is 2. The molecule has 0 fully saturated rings. The summed E-state index contributed by atoms with van der Waals surface area (Å²) < 4.78 is 6.05. The van der Waals surface area contributed by atoms with Crippen LogP contribution in [0.3, 0.4) is 0 Å². The van der Waals surface area contributed by atoms with Crippen LogP contribution in [-0.2, 0) is 13.0 Å². The topological polar surface area (TPSA) is 57.5 Å². The van der Waals surface area contributed by atoms with Gasteiger partial charge >= 0.3 is 0 Å². The second kappa shape index (κ2) is 6.65. The maximum absolute atomic E-state index is 12.8. The summed E-state index contributed by atoms with van der Waals surface area (Å²) in [5.74, 6) is 1.37. The van der Waals surface area contributed by atoms with Gasteiger partial charge in [0.05, 0.1) is 5.56 Å². The monoisotopic (exact) mass is 413 g/mol. The molecule has 0 saturated carbocycles. The number of hydrogen-bond acceptors (Lipinski definition) is 5. The molecule has 4 heterocycles. The van der Waals surface area contributed by atoms with Crippen molar-refractivity contribution in [3.05, 3.63) is 62.7 Å². The fourth-order valence-electron chi connectivity index (χ4n) is 3.80. The molecule has 5 nitrogen and oxygen atoms in total. The first kappa shape index (κ1) is 17.8. The first-order valence-corrected chi connectivity index (χ1v) is 10.5. The van der Waals surface area contributed by atoms with Crippen molar-refractivity contribution in [1.29, 1.82) is 0 Å². The van der Waals surface area contributed by atoms with Crippen LogP contribution in [0.25, 0.3) is 11.3 Å². The third-order valence-corrected chi connectivity index (χ3v) is 6.95. The Morgan fingerprint density at radius 3 is 2.93 bits per heavy atom. The Morgan fingerprint density at radius 1 is 1.25 bits per heavy atom. The molecule has 1 atom stereocenters. The molecular weight excluding hydrogens is 394 g/mol. The van der Waals surface area contributed by atoms with Crippen molar-refractivity contribution in [2.24, 2.45) is 0 Å². The van der Waals surface area contributed by atoms with Gasteiger partial charge in [0.15, 0.2) is 6.17 Å². The molecule has 2 aromatic heterocycles. The fraction of sp³-hybridized carbons (Fsp3) is 0.286. The predicted molar refractivity (Wildman–Crippen MR) is 112 cm³/mol. The zero-order valence-electron chi connectivity index (χ0n) is 15.6. The third-order valence-electron chi connectivity index (χ3n) is 5.39. The standard InChI is InChI=1S/C21H20ClN3O2S/c1-11-3-4-12(9-14(11)22)15-5-6-16(27-15)19-23-20(26)18-13-7-8-25(2)10-17(13)28-21(18)24-19/h3-6,9,19,24H,7-8,10H2,1-2H3,(H,23,26)/t19-/m0/s1. The molecule has 1 amide bonds. The van der Waals surface area contributed by atoms with Gasteiger partial charge < -0.3 is 20.0 Å². The smallest absolute Gasteiger partial charge is 0.256 e. The maximum atomic E-state index is 12.8. The highest BCUT2D eigenvalue weighted by atomic mass is 35.5. The van der Waals surface area contributed by atoms with Gasteiger partial charge in [0, 0.05) is 28.6 Å². The maximum Gasteiger partial charge on any atom is 0.256 e. The molecule has 7 heteroatoms. The lowest BCUT2D eigenvalue weighted by molar-refractivity contribution is 0.0930. The summed E-state index contributed by atoms with van der Waals surface area (Å²) in [6, 6.07) is 9.66. The minimum atomic E-state index is -0.382. The highest BCUT2D eigenvalue weighted by Crippen LogP contribution is 2.41. The Labute approximate surface area is 172 Å². The number of halogens is 1. The van der Waals surface area contributed by atoms with Gasteiger partial charge in [-0.05, 0) is 49.7 Å². The predicted octanol–water partition coefficient (Wildman–Crippen LogP) is 4.81. The molecule has 28 heavy (non-hydrogen) atoms. The molecule has 144 valence electrons. The van der Waals surface area contributed by atoms with Gasteiger partial charge in [-0.25, -0.2) is 0 Å². The van der Waals surface area contributed by atoms with Crippen molar-refractivity contribution < 1.29 is 9.21 Å². The SMILES string of the molecule is Cc1ccc(-c2ccc([C@H]3NC(=O)c4c(sc5c4CCN(C)C5)N3)o2)cc1Cl. The minimum absolute atomic E-state index is 0.0304. The Bertz CT molecular complexity index is 1090. The number of benzene rings is 1. The van der Waals surface area contributed by atoms with E-state index in [1.54, 1.807) is 11.3 Å². The lowest BCUT2D eigenvalue weighted by atomic mass is 10.0. The Balaban J connectivity index is 1.44. The average Bonchev–Trinajstić information content (AvgIpc) is 3.28. The molecule has 0 bridgehead atoms. The van der Waals surface area contributed by atoms with E-state index in [0.717, 1.165) is 47.0 Å². The van der Waals surface area contributed by atoms with Crippen LogP contribution >= 0.6 is 22.9 Å². The number of carbonyl (C=O) groups excluding carboxylic acids is 1. The van der Waals surface area contributed by atoms with Gasteiger partial charge in [0.2, 0.25) is 0 Å². The highest BCUT2D eigenvalue weighted by Gasteiger charge is 2.33. The molecule has 5 rings (SSSR count). The van der Waals surface area contributed by atoms with Crippen LogP contribution in [0.15, 0.2) is 34.7 Å². The van der Waals surface area contributed by atoms with Crippen molar-refractivity contribution in [3.63, 3.8) is 0 Å². The van der Waals surface area contributed by atoms with E-state index in [1.807, 2.05) is 37.3 Å². The van der Waals surface area contributed by atoms with E-state index >= 15 is 0 Å². The number of carbonyl (C=O) groups is 1. The van der Waals surface area contributed by atoms with Crippen molar-refractivity contribution in [2.45, 2.75) is 26.1 Å². The van der Waals surface area contributed by atoms with Gasteiger partial charge in [0.1, 0.15) is 16.5 Å². The van der Waals surface area contributed by atoms with Crippen LogP contribution in [0.5, 0.6) is 0 Å². The van der Waals surface area contributed by atoms with Crippen LogP contribution in [0.4, 0.5) is 5.00 Å². The lowest BCUT2D eigenvalue weighted by Gasteiger charge is -2.26. The molecule has 1 aromatic carbocycles. The number of thiophene rings is 1. The molecule has 0 radical (unpaired) electrons. The number of likely N-dealkylation sites (N-methyl/N-ethyl adjacent to an activating group) is 1. The Kier molecular flexibility index (Phi) is 4.23. The summed E-state index contributed by atoms with van der Waals surface area (Å²) in [5.41, 5.74) is 3.94. The van der Waals surface area contributed by atoms with Gasteiger partial charge in [-0.15, -0.1) is 11.3 Å². The number of nitrogens with one attached hydrogen (secondary N) is 2. The summed E-state index contributed by atoms with van der Waals surface area (Å²) in [4.78, 5) is 16.4. The van der Waals surface area contributed by atoms with Crippen molar-refractivity contribution in [3.8, 4) is 11.3 Å². The molecule has 0 spiro atoms. The zero-order valence-corrected chi connectivity index (χ0v) is 17.2. The summed E-state index contributed by atoms with van der Waals surface area (Å²) in [7, 11) is 2.11. The Hall–Kier alpha value is -2.28. The summed E-state index contributed by atoms with van der Waals surface area (Å²) in [6.07, 6.45) is 0.531. The summed E-state index contributed by atoms with van der Waals surface area (Å²) >= 11 is 7.92. The summed E-state index contributed by atoms with van der Waals surface area (Å²) in [6.45, 7) is 3.84. The third kappa shape index (κ3) is 2.92. The van der Waals surface area contributed by atoms with Crippen LogP contribution in [0.2, 0.25) is 5.02 Å². The van der Waals surface area contributed by atoms with E-state index in [9.17, 15) is 4.79 Å². The van der Waals surface area contributed by atoms with E-state index in [1.165, 1.54) is 10.4 Å². The van der Waals surface area contributed by atoms with Gasteiger partial charge in [-0.2, -0.15) is 0 Å². The second-order valence-corrected chi connectivity index (χ2v) is 8.92. The van der Waals surface area contributed by atoms with E-state index < -0.39 is 0 Å². The van der Waals surface area contributed by atoms with Gasteiger partial charge in [-0.3, -0.25) is 4.79 Å². The van der Waals surface area contributed by atoms with Crippen LogP contribution in [0, 0.1) is 6.92 Å². The van der Waals surface area contributed by atoms with Crippen molar-refractivity contribution >= 4 is 33.8 Å². The highest BCUT2D eigenvalue weighted by molar-refractivity contribution is 7.16. The molecular formula is C21H20ClN3O2S. The minimum Gasteiger partial charge on any atom is -0.457 e. The quantitative estimate of drug-likeness (QED) is 0.632. The molecule has 0 saturated heterocycles. The Morgan fingerprint density at radius 2 is 2.11 bits per heavy atom. The van der Waals surface area contributed by atoms with E-state index in [2.05, 4.69) is 22.6 Å². The number of anilines is 1. The van der Waals surface area contributed by atoms with E-state index in [-0.39, 0.29) is 12.1 Å². The molecule has 0 aliphatic carbocycles. The average molecular weight is 414 g/mol. The zero-order chi connectivity index (χ0) is 19.4. The van der Waals surface area contributed by atoms with E-state index in [4.69, 9.17) is 16.0 Å². The van der Waals surface area contributed by atoms with Gasteiger partial charge in [0.25, 0.3) is 5.91 Å². The number of aryl methyl sites for hydroxylation is 1. The number of rotatable bonds is 2. The van der Waals surface area contributed by atoms with Gasteiger partial charge in [-0.1, -0.05) is 23.7 Å². The van der Waals surface area contributed by atoms with E-state index in [0.29, 0.717) is 10.8 Å². The van der Waals surface area contributed by atoms with Crippen molar-refractivity contribution in [1.82, 2.24) is 10.2 Å². The van der Waals surface area contributed by atoms with Crippen LogP contribution < -0.4 is 10.6 Å². The molecule has 2 aliphatic heterocycles.